The normalized spacial score (nSPS) is 43.4. The van der Waals surface area contributed by atoms with E-state index < -0.39 is 0 Å². The molecule has 3 aliphatic rings. The van der Waals surface area contributed by atoms with Crippen molar-refractivity contribution in [3.05, 3.63) is 0 Å². The Morgan fingerprint density at radius 3 is 2.71 bits per heavy atom. The first-order valence-corrected chi connectivity index (χ1v) is 6.13. The summed E-state index contributed by atoms with van der Waals surface area (Å²) in [5.74, 6) is 1.84. The van der Waals surface area contributed by atoms with Gasteiger partial charge in [-0.05, 0) is 51.1 Å². The summed E-state index contributed by atoms with van der Waals surface area (Å²) >= 11 is 0. The fourth-order valence-corrected chi connectivity index (χ4v) is 3.88. The average molecular weight is 193 g/mol. The summed E-state index contributed by atoms with van der Waals surface area (Å²) in [4.78, 5) is 14.4. The lowest BCUT2D eigenvalue weighted by atomic mass is 9.68. The van der Waals surface area contributed by atoms with E-state index in [1.54, 1.807) is 0 Å². The molecule has 2 nitrogen and oxygen atoms in total. The fourth-order valence-electron chi connectivity index (χ4n) is 3.88. The first-order valence-electron chi connectivity index (χ1n) is 6.13. The maximum absolute atomic E-state index is 11.8. The van der Waals surface area contributed by atoms with Gasteiger partial charge >= 0.3 is 0 Å². The van der Waals surface area contributed by atoms with E-state index in [1.165, 1.54) is 45.2 Å². The summed E-state index contributed by atoms with van der Waals surface area (Å²) < 4.78 is 0. The van der Waals surface area contributed by atoms with Crippen LogP contribution in [0.25, 0.3) is 0 Å². The highest BCUT2D eigenvalue weighted by molar-refractivity contribution is 5.82. The largest absolute Gasteiger partial charge is 0.299 e. The SMILES string of the molecule is O=C1CC[C@@H]2CCCN3CCC[C@H]1[C@@H]23. The van der Waals surface area contributed by atoms with Crippen LogP contribution in [0.4, 0.5) is 0 Å². The third kappa shape index (κ3) is 1.23. The van der Waals surface area contributed by atoms with Gasteiger partial charge in [0.25, 0.3) is 0 Å². The van der Waals surface area contributed by atoms with Gasteiger partial charge in [0.15, 0.2) is 0 Å². The molecule has 0 aromatic rings. The molecule has 0 spiro atoms. The molecule has 78 valence electrons. The lowest BCUT2D eigenvalue weighted by Crippen LogP contribution is -2.56. The second kappa shape index (κ2) is 3.34. The van der Waals surface area contributed by atoms with Crippen LogP contribution in [0.15, 0.2) is 0 Å². The minimum Gasteiger partial charge on any atom is -0.299 e. The van der Waals surface area contributed by atoms with E-state index in [2.05, 4.69) is 4.90 Å². The summed E-state index contributed by atoms with van der Waals surface area (Å²) in [5, 5.41) is 0. The monoisotopic (exact) mass is 193 g/mol. The number of nitrogens with zero attached hydrogens (tertiary/aromatic N) is 1. The third-order valence-electron chi connectivity index (χ3n) is 4.47. The van der Waals surface area contributed by atoms with Crippen LogP contribution in [0, 0.1) is 11.8 Å². The molecule has 0 amide bonds. The smallest absolute Gasteiger partial charge is 0.137 e. The molecule has 0 aromatic carbocycles. The average Bonchev–Trinajstić information content (AvgIpc) is 2.24. The van der Waals surface area contributed by atoms with Gasteiger partial charge in [0.2, 0.25) is 0 Å². The molecule has 2 aliphatic heterocycles. The first-order chi connectivity index (χ1) is 6.86. The quantitative estimate of drug-likeness (QED) is 0.585. The number of hydrogen-bond acceptors (Lipinski definition) is 2. The predicted octanol–water partition coefficient (Wildman–Crippen LogP) is 1.84. The molecule has 0 N–H and O–H groups in total. The molecule has 0 bridgehead atoms. The summed E-state index contributed by atoms with van der Waals surface area (Å²) in [7, 11) is 0. The second-order valence-electron chi connectivity index (χ2n) is 5.18. The van der Waals surface area contributed by atoms with Gasteiger partial charge in [-0.2, -0.15) is 0 Å². The van der Waals surface area contributed by atoms with E-state index in [0.717, 1.165) is 12.3 Å². The van der Waals surface area contributed by atoms with Crippen molar-refractivity contribution in [2.24, 2.45) is 11.8 Å². The summed E-state index contributed by atoms with van der Waals surface area (Å²) in [6.07, 6.45) is 7.22. The third-order valence-corrected chi connectivity index (χ3v) is 4.47. The molecule has 0 aromatic heterocycles. The highest BCUT2D eigenvalue weighted by atomic mass is 16.1. The highest BCUT2D eigenvalue weighted by Gasteiger charge is 2.44. The predicted molar refractivity (Wildman–Crippen MR) is 55.1 cm³/mol. The van der Waals surface area contributed by atoms with Crippen molar-refractivity contribution in [2.75, 3.05) is 13.1 Å². The van der Waals surface area contributed by atoms with Crippen molar-refractivity contribution in [1.29, 1.82) is 0 Å². The van der Waals surface area contributed by atoms with Crippen LogP contribution in [-0.2, 0) is 4.79 Å². The molecular formula is C12H19NO. The zero-order valence-corrected chi connectivity index (χ0v) is 8.74. The van der Waals surface area contributed by atoms with E-state index in [-0.39, 0.29) is 0 Å². The van der Waals surface area contributed by atoms with Gasteiger partial charge in [-0.15, -0.1) is 0 Å². The lowest BCUT2D eigenvalue weighted by Gasteiger charge is -2.50. The van der Waals surface area contributed by atoms with E-state index in [1.807, 2.05) is 0 Å². The number of hydrogen-bond donors (Lipinski definition) is 0. The second-order valence-corrected chi connectivity index (χ2v) is 5.18. The molecule has 1 saturated carbocycles. The molecular weight excluding hydrogens is 174 g/mol. The molecule has 3 atom stereocenters. The minimum absolute atomic E-state index is 0.419. The Kier molecular flexibility index (Phi) is 2.12. The molecule has 0 radical (unpaired) electrons. The van der Waals surface area contributed by atoms with Gasteiger partial charge < -0.3 is 0 Å². The topological polar surface area (TPSA) is 20.3 Å². The van der Waals surface area contributed by atoms with Crippen molar-refractivity contribution in [2.45, 2.75) is 44.6 Å². The van der Waals surface area contributed by atoms with Crippen molar-refractivity contribution in [3.63, 3.8) is 0 Å². The maximum Gasteiger partial charge on any atom is 0.137 e. The van der Waals surface area contributed by atoms with Gasteiger partial charge in [-0.1, -0.05) is 0 Å². The van der Waals surface area contributed by atoms with E-state index >= 15 is 0 Å². The number of ketones is 1. The van der Waals surface area contributed by atoms with E-state index in [4.69, 9.17) is 0 Å². The van der Waals surface area contributed by atoms with Crippen LogP contribution in [0.1, 0.15) is 38.5 Å². The zero-order valence-electron chi connectivity index (χ0n) is 8.74. The Labute approximate surface area is 85.7 Å². The van der Waals surface area contributed by atoms with Crippen LogP contribution >= 0.6 is 0 Å². The Morgan fingerprint density at radius 2 is 1.86 bits per heavy atom. The van der Waals surface area contributed by atoms with Crippen LogP contribution in [0.3, 0.4) is 0 Å². The number of rotatable bonds is 0. The Balaban J connectivity index is 1.88. The fraction of sp³-hybridized carbons (Fsp3) is 0.917. The summed E-state index contributed by atoms with van der Waals surface area (Å²) in [6, 6.07) is 0.652. The molecule has 2 heterocycles. The molecule has 3 fully saturated rings. The number of Topliss-reactive ketones (excluding diaryl/α,β-unsaturated/α-hetero) is 1. The van der Waals surface area contributed by atoms with Gasteiger partial charge in [-0.3, -0.25) is 9.69 Å². The highest BCUT2D eigenvalue weighted by Crippen LogP contribution is 2.41. The molecule has 2 saturated heterocycles. The maximum atomic E-state index is 11.8. The first kappa shape index (κ1) is 8.90. The van der Waals surface area contributed by atoms with Gasteiger partial charge in [0.1, 0.15) is 5.78 Å². The van der Waals surface area contributed by atoms with Crippen LogP contribution < -0.4 is 0 Å². The molecule has 3 rings (SSSR count). The van der Waals surface area contributed by atoms with Crippen LogP contribution in [0.2, 0.25) is 0 Å². The Bertz CT molecular complexity index is 242. The van der Waals surface area contributed by atoms with Gasteiger partial charge in [0.05, 0.1) is 0 Å². The minimum atomic E-state index is 0.419. The van der Waals surface area contributed by atoms with Crippen molar-refractivity contribution in [3.8, 4) is 0 Å². The van der Waals surface area contributed by atoms with Crippen molar-refractivity contribution < 1.29 is 4.79 Å². The number of carbonyl (C=O) groups excluding carboxylic acids is 1. The molecule has 14 heavy (non-hydrogen) atoms. The number of piperidine rings is 2. The van der Waals surface area contributed by atoms with Gasteiger partial charge in [0, 0.05) is 18.4 Å². The molecule has 0 unspecified atom stereocenters. The van der Waals surface area contributed by atoms with Crippen LogP contribution in [-0.4, -0.2) is 29.8 Å². The van der Waals surface area contributed by atoms with E-state index in [9.17, 15) is 4.79 Å². The Hall–Kier alpha value is -0.370. The summed E-state index contributed by atoms with van der Waals surface area (Å²) in [6.45, 7) is 2.51. The Morgan fingerprint density at radius 1 is 1.07 bits per heavy atom. The van der Waals surface area contributed by atoms with Gasteiger partial charge in [-0.25, -0.2) is 0 Å². The lowest BCUT2D eigenvalue weighted by molar-refractivity contribution is -0.134. The van der Waals surface area contributed by atoms with Crippen molar-refractivity contribution in [1.82, 2.24) is 4.90 Å². The van der Waals surface area contributed by atoms with Crippen LogP contribution in [0.5, 0.6) is 0 Å². The molecule has 2 heteroatoms. The molecule has 1 aliphatic carbocycles. The zero-order chi connectivity index (χ0) is 9.54. The van der Waals surface area contributed by atoms with E-state index in [0.29, 0.717) is 17.7 Å². The number of carbonyl (C=O) groups is 1. The standard InChI is InChI=1S/C12H19NO/c14-11-6-5-9-3-1-7-13-8-2-4-10(11)12(9)13/h9-10,12H,1-8H2/t9-,10+,12+/m0/s1. The van der Waals surface area contributed by atoms with Crippen molar-refractivity contribution >= 4 is 5.78 Å². The summed E-state index contributed by atoms with van der Waals surface area (Å²) in [5.41, 5.74) is 0.